The molecule has 2 heteroatoms. The monoisotopic (exact) mass is 238 g/mol. The van der Waals surface area contributed by atoms with Crippen LogP contribution >= 0.6 is 0 Å². The molecule has 0 atom stereocenters. The lowest BCUT2D eigenvalue weighted by molar-refractivity contribution is -0.104. The van der Waals surface area contributed by atoms with Crippen LogP contribution in [0.5, 0.6) is 11.5 Å². The number of benzene rings is 2. The van der Waals surface area contributed by atoms with Gasteiger partial charge in [-0.3, -0.25) is 4.79 Å². The molecule has 0 aliphatic carbocycles. The second kappa shape index (κ2) is 5.82. The van der Waals surface area contributed by atoms with Crippen LogP contribution in [0.3, 0.4) is 0 Å². The van der Waals surface area contributed by atoms with Crippen LogP contribution in [0.15, 0.2) is 60.2 Å². The van der Waals surface area contributed by atoms with Gasteiger partial charge in [0.05, 0.1) is 0 Å². The number of para-hydroxylation sites is 1. The van der Waals surface area contributed by atoms with E-state index in [4.69, 9.17) is 4.74 Å². The van der Waals surface area contributed by atoms with Crippen molar-refractivity contribution in [2.75, 3.05) is 0 Å². The molecule has 90 valence electrons. The molecule has 2 rings (SSSR count). The second-order valence-corrected chi connectivity index (χ2v) is 3.99. The van der Waals surface area contributed by atoms with Crippen LogP contribution in [0.2, 0.25) is 0 Å². The number of rotatable bonds is 4. The molecule has 0 aromatic heterocycles. The van der Waals surface area contributed by atoms with Crippen molar-refractivity contribution in [3.05, 3.63) is 65.7 Å². The Labute approximate surface area is 107 Å². The Morgan fingerprint density at radius 2 is 1.56 bits per heavy atom. The molecular formula is C16H14O2. The van der Waals surface area contributed by atoms with Crippen LogP contribution < -0.4 is 4.74 Å². The highest BCUT2D eigenvalue weighted by atomic mass is 16.5. The molecule has 0 amide bonds. The van der Waals surface area contributed by atoms with Crippen LogP contribution in [-0.4, -0.2) is 6.29 Å². The first-order chi connectivity index (χ1) is 8.78. The molecule has 0 aliphatic heterocycles. The van der Waals surface area contributed by atoms with E-state index < -0.39 is 0 Å². The van der Waals surface area contributed by atoms with Crippen LogP contribution in [-0.2, 0) is 4.79 Å². The molecule has 0 fully saturated rings. The van der Waals surface area contributed by atoms with Crippen molar-refractivity contribution in [3.63, 3.8) is 0 Å². The minimum absolute atomic E-state index is 0.701. The fraction of sp³-hybridized carbons (Fsp3) is 0.0625. The highest BCUT2D eigenvalue weighted by Gasteiger charge is 1.96. The zero-order valence-corrected chi connectivity index (χ0v) is 10.2. The quantitative estimate of drug-likeness (QED) is 0.592. The van der Waals surface area contributed by atoms with Crippen molar-refractivity contribution in [1.82, 2.24) is 0 Å². The molecule has 0 aliphatic rings. The van der Waals surface area contributed by atoms with Crippen LogP contribution in [0, 0.1) is 0 Å². The third kappa shape index (κ3) is 3.32. The first-order valence-corrected chi connectivity index (χ1v) is 5.74. The van der Waals surface area contributed by atoms with Crippen molar-refractivity contribution in [2.45, 2.75) is 6.92 Å². The van der Waals surface area contributed by atoms with Gasteiger partial charge in [-0.2, -0.15) is 0 Å². The molecule has 0 unspecified atom stereocenters. The number of carbonyl (C=O) groups excluding carboxylic acids is 1. The molecule has 0 saturated heterocycles. The van der Waals surface area contributed by atoms with E-state index in [1.54, 1.807) is 6.92 Å². The molecule has 0 heterocycles. The van der Waals surface area contributed by atoms with Crippen LogP contribution in [0.4, 0.5) is 0 Å². The number of allylic oxidation sites excluding steroid dienone is 1. The van der Waals surface area contributed by atoms with E-state index in [1.807, 2.05) is 60.7 Å². The van der Waals surface area contributed by atoms with Crippen molar-refractivity contribution in [2.24, 2.45) is 0 Å². The molecule has 0 radical (unpaired) electrons. The first-order valence-electron chi connectivity index (χ1n) is 5.74. The van der Waals surface area contributed by atoms with Gasteiger partial charge in [0.25, 0.3) is 0 Å². The van der Waals surface area contributed by atoms with Crippen molar-refractivity contribution >= 4 is 12.4 Å². The molecule has 0 bridgehead atoms. The smallest absolute Gasteiger partial charge is 0.145 e. The van der Waals surface area contributed by atoms with Gasteiger partial charge in [-0.15, -0.1) is 0 Å². The number of carbonyl (C=O) groups is 1. The van der Waals surface area contributed by atoms with Gasteiger partial charge >= 0.3 is 0 Å². The van der Waals surface area contributed by atoms with Crippen molar-refractivity contribution in [3.8, 4) is 11.5 Å². The Bertz CT molecular complexity index is 539. The van der Waals surface area contributed by atoms with E-state index in [0.29, 0.717) is 5.57 Å². The predicted molar refractivity (Wildman–Crippen MR) is 72.7 cm³/mol. The van der Waals surface area contributed by atoms with E-state index in [9.17, 15) is 4.79 Å². The molecule has 0 saturated carbocycles. The van der Waals surface area contributed by atoms with Gasteiger partial charge in [-0.25, -0.2) is 0 Å². The average molecular weight is 238 g/mol. The molecule has 0 spiro atoms. The van der Waals surface area contributed by atoms with E-state index in [1.165, 1.54) is 0 Å². The van der Waals surface area contributed by atoms with E-state index in [-0.39, 0.29) is 0 Å². The minimum atomic E-state index is 0.701. The van der Waals surface area contributed by atoms with Gasteiger partial charge < -0.3 is 4.74 Å². The highest BCUT2D eigenvalue weighted by Crippen LogP contribution is 2.21. The zero-order valence-electron chi connectivity index (χ0n) is 10.2. The Morgan fingerprint density at radius 3 is 2.17 bits per heavy atom. The standard InChI is InChI=1S/C16H14O2/c1-13(12-17)11-14-7-9-16(10-8-14)18-15-5-3-2-4-6-15/h2-12H,1H3/b13-11+. The summed E-state index contributed by atoms with van der Waals surface area (Å²) in [6.45, 7) is 1.78. The van der Waals surface area contributed by atoms with Gasteiger partial charge in [0, 0.05) is 0 Å². The lowest BCUT2D eigenvalue weighted by atomic mass is 10.1. The maximum atomic E-state index is 10.5. The van der Waals surface area contributed by atoms with E-state index in [2.05, 4.69) is 0 Å². The van der Waals surface area contributed by atoms with Gasteiger partial charge in [-0.05, 0) is 48.4 Å². The Morgan fingerprint density at radius 1 is 0.944 bits per heavy atom. The third-order valence-corrected chi connectivity index (χ3v) is 2.44. The van der Waals surface area contributed by atoms with E-state index in [0.717, 1.165) is 23.3 Å². The highest BCUT2D eigenvalue weighted by molar-refractivity contribution is 5.80. The van der Waals surface area contributed by atoms with Crippen LogP contribution in [0.1, 0.15) is 12.5 Å². The largest absolute Gasteiger partial charge is 0.457 e. The molecular weight excluding hydrogens is 224 g/mol. The number of ether oxygens (including phenoxy) is 1. The number of aldehydes is 1. The Kier molecular flexibility index (Phi) is 3.92. The fourth-order valence-electron chi connectivity index (χ4n) is 1.55. The second-order valence-electron chi connectivity index (χ2n) is 3.99. The summed E-state index contributed by atoms with van der Waals surface area (Å²) >= 11 is 0. The lowest BCUT2D eigenvalue weighted by Gasteiger charge is -2.05. The van der Waals surface area contributed by atoms with E-state index >= 15 is 0 Å². The van der Waals surface area contributed by atoms with Gasteiger partial charge in [0.2, 0.25) is 0 Å². The third-order valence-electron chi connectivity index (χ3n) is 2.44. The van der Waals surface area contributed by atoms with Crippen molar-refractivity contribution in [1.29, 1.82) is 0 Å². The number of hydrogen-bond donors (Lipinski definition) is 0. The SMILES string of the molecule is C/C(C=O)=C\c1ccc(Oc2ccccc2)cc1. The number of hydrogen-bond acceptors (Lipinski definition) is 2. The summed E-state index contributed by atoms with van der Waals surface area (Å²) in [7, 11) is 0. The van der Waals surface area contributed by atoms with Gasteiger partial charge in [0.1, 0.15) is 17.8 Å². The minimum Gasteiger partial charge on any atom is -0.457 e. The molecule has 2 aromatic rings. The summed E-state index contributed by atoms with van der Waals surface area (Å²) in [5, 5.41) is 0. The van der Waals surface area contributed by atoms with Crippen molar-refractivity contribution < 1.29 is 9.53 Å². The zero-order chi connectivity index (χ0) is 12.8. The van der Waals surface area contributed by atoms with Gasteiger partial charge in [-0.1, -0.05) is 30.3 Å². The Balaban J connectivity index is 2.11. The fourth-order valence-corrected chi connectivity index (χ4v) is 1.55. The predicted octanol–water partition coefficient (Wildman–Crippen LogP) is 4.08. The van der Waals surface area contributed by atoms with Crippen LogP contribution in [0.25, 0.3) is 6.08 Å². The maximum absolute atomic E-state index is 10.5. The molecule has 0 N–H and O–H groups in total. The maximum Gasteiger partial charge on any atom is 0.145 e. The lowest BCUT2D eigenvalue weighted by Crippen LogP contribution is -1.84. The molecule has 2 nitrogen and oxygen atoms in total. The summed E-state index contributed by atoms with van der Waals surface area (Å²) < 4.78 is 5.67. The summed E-state index contributed by atoms with van der Waals surface area (Å²) in [5.41, 5.74) is 1.69. The van der Waals surface area contributed by atoms with Gasteiger partial charge in [0.15, 0.2) is 0 Å². The average Bonchev–Trinajstić information content (AvgIpc) is 2.42. The topological polar surface area (TPSA) is 26.3 Å². The molecule has 2 aromatic carbocycles. The summed E-state index contributed by atoms with van der Waals surface area (Å²) in [6, 6.07) is 17.2. The Hall–Kier alpha value is -2.35. The normalized spacial score (nSPS) is 11.1. The first kappa shape index (κ1) is 12.1. The summed E-state index contributed by atoms with van der Waals surface area (Å²) in [6.07, 6.45) is 2.67. The summed E-state index contributed by atoms with van der Waals surface area (Å²) in [5.74, 6) is 1.59. The molecule has 18 heavy (non-hydrogen) atoms. The summed E-state index contributed by atoms with van der Waals surface area (Å²) in [4.78, 5) is 10.5.